The summed E-state index contributed by atoms with van der Waals surface area (Å²) in [6.45, 7) is 0. The van der Waals surface area contributed by atoms with Gasteiger partial charge < -0.3 is 9.30 Å². The lowest BCUT2D eigenvalue weighted by Crippen LogP contribution is -2.15. The van der Waals surface area contributed by atoms with Gasteiger partial charge in [-0.3, -0.25) is 4.79 Å². The van der Waals surface area contributed by atoms with Gasteiger partial charge in [0, 0.05) is 22.7 Å². The molecule has 0 fully saturated rings. The highest BCUT2D eigenvalue weighted by atomic mass is 32.1. The summed E-state index contributed by atoms with van der Waals surface area (Å²) in [5, 5.41) is 2.14. The number of benzene rings is 2. The first-order valence-electron chi connectivity index (χ1n) is 7.35. The molecule has 0 unspecified atom stereocenters. The fourth-order valence-electron chi connectivity index (χ4n) is 2.90. The van der Waals surface area contributed by atoms with E-state index in [9.17, 15) is 4.79 Å². The van der Waals surface area contributed by atoms with Crippen LogP contribution in [0.5, 0.6) is 5.75 Å². The Morgan fingerprint density at radius 3 is 2.48 bits per heavy atom. The molecule has 114 valence electrons. The van der Waals surface area contributed by atoms with Gasteiger partial charge in [0.2, 0.25) is 0 Å². The van der Waals surface area contributed by atoms with E-state index in [0.29, 0.717) is 0 Å². The van der Waals surface area contributed by atoms with E-state index in [4.69, 9.17) is 4.74 Å². The lowest BCUT2D eigenvalue weighted by molar-refractivity contribution is 0.415. The number of methoxy groups -OCH3 is 1. The van der Waals surface area contributed by atoms with Crippen molar-refractivity contribution in [2.24, 2.45) is 7.05 Å². The average Bonchev–Trinajstić information content (AvgIpc) is 3.05. The molecule has 0 aliphatic carbocycles. The molecule has 0 aliphatic heterocycles. The molecule has 0 aliphatic rings. The molecule has 4 aromatic rings. The lowest BCUT2D eigenvalue weighted by atomic mass is 10.1. The number of aryl methyl sites for hydroxylation is 1. The summed E-state index contributed by atoms with van der Waals surface area (Å²) in [7, 11) is 3.49. The summed E-state index contributed by atoms with van der Waals surface area (Å²) in [6, 6.07) is 18.1. The van der Waals surface area contributed by atoms with Crippen LogP contribution in [0.3, 0.4) is 0 Å². The Labute approximate surface area is 137 Å². The zero-order valence-corrected chi connectivity index (χ0v) is 13.7. The molecule has 4 heteroatoms. The molecular formula is C19H15NO2S. The Kier molecular flexibility index (Phi) is 3.20. The molecule has 0 radical (unpaired) electrons. The van der Waals surface area contributed by atoms with Crippen molar-refractivity contribution in [3.05, 3.63) is 65.0 Å². The van der Waals surface area contributed by atoms with E-state index in [1.807, 2.05) is 49.5 Å². The highest BCUT2D eigenvalue weighted by Gasteiger charge is 2.13. The number of fused-ring (bicyclic) bond motifs is 3. The molecule has 0 N–H and O–H groups in total. The second-order valence-corrected chi connectivity index (χ2v) is 6.52. The molecule has 0 atom stereocenters. The summed E-state index contributed by atoms with van der Waals surface area (Å²) in [6.07, 6.45) is 0. The van der Waals surface area contributed by atoms with Crippen molar-refractivity contribution in [1.82, 2.24) is 4.57 Å². The Morgan fingerprint density at radius 1 is 1.00 bits per heavy atom. The first-order valence-corrected chi connectivity index (χ1v) is 8.16. The van der Waals surface area contributed by atoms with Crippen LogP contribution in [0.1, 0.15) is 0 Å². The van der Waals surface area contributed by atoms with Gasteiger partial charge in [-0.05, 0) is 42.0 Å². The van der Waals surface area contributed by atoms with Crippen molar-refractivity contribution >= 4 is 32.3 Å². The van der Waals surface area contributed by atoms with Crippen LogP contribution < -0.4 is 10.3 Å². The SMILES string of the molecule is COc1ccc(-c2cc3c(s2)c(=O)n(C)c2ccccc32)cc1. The molecule has 0 saturated heterocycles. The van der Waals surface area contributed by atoms with Crippen LogP contribution in [-0.2, 0) is 7.05 Å². The highest BCUT2D eigenvalue weighted by molar-refractivity contribution is 7.22. The normalized spacial score (nSPS) is 11.2. The second-order valence-electron chi connectivity index (χ2n) is 5.46. The van der Waals surface area contributed by atoms with Gasteiger partial charge in [-0.15, -0.1) is 11.3 Å². The molecular weight excluding hydrogens is 306 g/mol. The number of pyridine rings is 1. The van der Waals surface area contributed by atoms with E-state index in [1.165, 1.54) is 0 Å². The molecule has 0 amide bonds. The summed E-state index contributed by atoms with van der Waals surface area (Å²) in [5.41, 5.74) is 2.12. The van der Waals surface area contributed by atoms with Crippen LogP contribution in [0.25, 0.3) is 31.4 Å². The van der Waals surface area contributed by atoms with Gasteiger partial charge in [0.1, 0.15) is 10.4 Å². The molecule has 4 rings (SSSR count). The molecule has 0 saturated carbocycles. The predicted molar refractivity (Wildman–Crippen MR) is 96.6 cm³/mol. The first-order chi connectivity index (χ1) is 11.2. The fraction of sp³-hybridized carbons (Fsp3) is 0.105. The highest BCUT2D eigenvalue weighted by Crippen LogP contribution is 2.35. The van der Waals surface area contributed by atoms with Crippen molar-refractivity contribution in [1.29, 1.82) is 0 Å². The monoisotopic (exact) mass is 321 g/mol. The Morgan fingerprint density at radius 2 is 1.74 bits per heavy atom. The Bertz CT molecular complexity index is 1070. The van der Waals surface area contributed by atoms with Gasteiger partial charge in [0.05, 0.1) is 12.6 Å². The number of ether oxygens (including phenoxy) is 1. The van der Waals surface area contributed by atoms with Crippen molar-refractivity contribution in [3.8, 4) is 16.2 Å². The van der Waals surface area contributed by atoms with Gasteiger partial charge >= 0.3 is 0 Å². The third-order valence-corrected chi connectivity index (χ3v) is 5.33. The molecule has 2 aromatic heterocycles. The van der Waals surface area contributed by atoms with Crippen molar-refractivity contribution in [2.45, 2.75) is 0 Å². The van der Waals surface area contributed by atoms with Gasteiger partial charge in [-0.1, -0.05) is 18.2 Å². The minimum Gasteiger partial charge on any atom is -0.497 e. The number of aromatic nitrogens is 1. The molecule has 23 heavy (non-hydrogen) atoms. The van der Waals surface area contributed by atoms with Crippen LogP contribution in [0.4, 0.5) is 0 Å². The maximum absolute atomic E-state index is 12.6. The number of thiophene rings is 1. The second kappa shape index (κ2) is 5.25. The van der Waals surface area contributed by atoms with Crippen LogP contribution in [0, 0.1) is 0 Å². The minimum atomic E-state index is 0.0588. The number of rotatable bonds is 2. The van der Waals surface area contributed by atoms with Gasteiger partial charge in [-0.2, -0.15) is 0 Å². The minimum absolute atomic E-state index is 0.0588. The smallest absolute Gasteiger partial charge is 0.268 e. The maximum Gasteiger partial charge on any atom is 0.268 e. The summed E-state index contributed by atoms with van der Waals surface area (Å²) >= 11 is 1.55. The number of nitrogens with zero attached hydrogens (tertiary/aromatic N) is 1. The van der Waals surface area contributed by atoms with Crippen LogP contribution in [0.2, 0.25) is 0 Å². The van der Waals surface area contributed by atoms with E-state index in [-0.39, 0.29) is 5.56 Å². The Balaban J connectivity index is 2.02. The maximum atomic E-state index is 12.6. The van der Waals surface area contributed by atoms with Gasteiger partial charge in [0.15, 0.2) is 0 Å². The van der Waals surface area contributed by atoms with E-state index < -0.39 is 0 Å². The van der Waals surface area contributed by atoms with E-state index in [0.717, 1.165) is 37.2 Å². The van der Waals surface area contributed by atoms with Crippen molar-refractivity contribution < 1.29 is 4.74 Å². The topological polar surface area (TPSA) is 31.2 Å². The average molecular weight is 321 g/mol. The summed E-state index contributed by atoms with van der Waals surface area (Å²) in [5.74, 6) is 0.830. The first kappa shape index (κ1) is 14.0. The summed E-state index contributed by atoms with van der Waals surface area (Å²) in [4.78, 5) is 13.7. The number of hydrogen-bond donors (Lipinski definition) is 0. The molecule has 0 spiro atoms. The van der Waals surface area contributed by atoms with Gasteiger partial charge in [0.25, 0.3) is 5.56 Å². The molecule has 2 aromatic carbocycles. The Hall–Kier alpha value is -2.59. The van der Waals surface area contributed by atoms with Crippen LogP contribution in [0.15, 0.2) is 59.4 Å². The standard InChI is InChI=1S/C19H15NO2S/c1-20-16-6-4-3-5-14(16)15-11-17(23-18(15)19(20)21)12-7-9-13(22-2)10-8-12/h3-11H,1-2H3. The van der Waals surface area contributed by atoms with Gasteiger partial charge in [-0.25, -0.2) is 0 Å². The predicted octanol–water partition coefficient (Wildman–Crippen LogP) is 4.43. The molecule has 2 heterocycles. The van der Waals surface area contributed by atoms with Crippen molar-refractivity contribution in [2.75, 3.05) is 7.11 Å². The third-order valence-electron chi connectivity index (χ3n) is 4.16. The molecule has 3 nitrogen and oxygen atoms in total. The zero-order chi connectivity index (χ0) is 16.0. The number of para-hydroxylation sites is 1. The largest absolute Gasteiger partial charge is 0.497 e. The van der Waals surface area contributed by atoms with E-state index in [1.54, 1.807) is 23.0 Å². The third kappa shape index (κ3) is 2.14. The van der Waals surface area contributed by atoms with Crippen molar-refractivity contribution in [3.63, 3.8) is 0 Å². The lowest BCUT2D eigenvalue weighted by Gasteiger charge is -2.05. The fourth-order valence-corrected chi connectivity index (χ4v) is 4.06. The molecule has 0 bridgehead atoms. The van der Waals surface area contributed by atoms with E-state index >= 15 is 0 Å². The van der Waals surface area contributed by atoms with Crippen LogP contribution in [-0.4, -0.2) is 11.7 Å². The zero-order valence-electron chi connectivity index (χ0n) is 12.9. The van der Waals surface area contributed by atoms with Crippen LogP contribution >= 0.6 is 11.3 Å². The number of hydrogen-bond acceptors (Lipinski definition) is 3. The summed E-state index contributed by atoms with van der Waals surface area (Å²) < 4.78 is 7.74. The van der Waals surface area contributed by atoms with E-state index in [2.05, 4.69) is 12.1 Å². The quantitative estimate of drug-likeness (QED) is 0.547.